The number of aliphatic hydroxyl groups is 6. The van der Waals surface area contributed by atoms with E-state index in [0.29, 0.717) is 72.8 Å². The molecule has 4 unspecified atom stereocenters. The molecule has 4 saturated heterocycles. The molecule has 10 heterocycles. The van der Waals surface area contributed by atoms with E-state index in [1.54, 1.807) is 13.7 Å². The molecule has 27 nitrogen and oxygen atoms in total. The molecule has 10 rings (SSSR count). The lowest BCUT2D eigenvalue weighted by Gasteiger charge is -2.24. The van der Waals surface area contributed by atoms with Gasteiger partial charge in [-0.15, -0.1) is 19.3 Å². The molecule has 74 heavy (non-hydrogen) atoms. The molecule has 0 saturated carbocycles. The van der Waals surface area contributed by atoms with Gasteiger partial charge in [0, 0.05) is 11.0 Å². The number of anilines is 3. The van der Waals surface area contributed by atoms with Gasteiger partial charge in [-0.25, -0.2) is 44.9 Å². The zero-order chi connectivity index (χ0) is 52.8. The van der Waals surface area contributed by atoms with E-state index >= 15 is 0 Å². The van der Waals surface area contributed by atoms with Crippen molar-refractivity contribution < 1.29 is 54.2 Å². The Morgan fingerprint density at radius 2 is 1.09 bits per heavy atom. The van der Waals surface area contributed by atoms with E-state index in [1.807, 2.05) is 4.90 Å². The highest BCUT2D eigenvalue weighted by molar-refractivity contribution is 14.1. The first-order valence-electron chi connectivity index (χ1n) is 23.8. The van der Waals surface area contributed by atoms with Crippen LogP contribution in [0.1, 0.15) is 32.0 Å². The zero-order valence-corrected chi connectivity index (χ0v) is 42.5. The Labute approximate surface area is 438 Å². The molecule has 4 aliphatic heterocycles. The fraction of sp³-hybridized carbons (Fsp3) is 0.543. The van der Waals surface area contributed by atoms with Crippen LogP contribution in [0.3, 0.4) is 0 Å². The molecule has 0 radical (unpaired) electrons. The number of quaternary nitrogens is 2. The number of terminal acetylenes is 3. The maximum atomic E-state index is 10.5. The van der Waals surface area contributed by atoms with E-state index < -0.39 is 73.6 Å². The summed E-state index contributed by atoms with van der Waals surface area (Å²) in [5, 5.41) is 62.5. The molecule has 0 aromatic carbocycles. The van der Waals surface area contributed by atoms with Crippen LogP contribution in [-0.4, -0.2) is 223 Å². The molecule has 6 aromatic rings. The van der Waals surface area contributed by atoms with Crippen LogP contribution in [0.4, 0.5) is 17.5 Å². The van der Waals surface area contributed by atoms with Gasteiger partial charge in [-0.1, -0.05) is 35.4 Å². The number of nitrogens with one attached hydrogen (secondary N) is 1. The Hall–Kier alpha value is -6.02. The van der Waals surface area contributed by atoms with Gasteiger partial charge in [0.1, 0.15) is 130 Å². The van der Waals surface area contributed by atoms with Crippen molar-refractivity contribution in [2.45, 2.75) is 87.0 Å². The average molecular weight is 1140 g/mol. The fourth-order valence-electron chi connectivity index (χ4n) is 9.40. The maximum absolute atomic E-state index is 10.5. The summed E-state index contributed by atoms with van der Waals surface area (Å²) in [6, 6.07) is 0. The molecule has 0 spiro atoms. The predicted octanol–water partition coefficient (Wildman–Crippen LogP) is -4.16. The van der Waals surface area contributed by atoms with Crippen LogP contribution < -0.4 is 22.1 Å². The lowest BCUT2D eigenvalue weighted by Crippen LogP contribution is -3.13. The largest absolute Gasteiger partial charge is 0.387 e. The standard InChI is InChI=1S/C16H22N6O3.C15H19IN6O3.C15H19N6O3/c1-3-5-21(6-4-2)7-10-12(23)13(24)16(25-10)22-9-20-11-14(17)18-8-19-15(11)22;1-2-4-21(5-3-16)6-9-11(23)12(24)15(25-9)22-8-20-10-13(17)18-7-19-14(10)22;1-2-3-21(4-5-21)6-9-11(22)12(23)15(24-9)20-8-19-10-13(16)17-7-18-14(10)20/h1,8-10,12-13,16,23-24H,4-7H2,2H3,(H2,17,18,19);1,7-9,11-12,15,23-24H,3-6H2,(H2,17,18,19);1,7-9,11-12,15,22-23H,3-6H2,(H2,16,17,18)/q;;+1/p+1/t10-,12?,13+,16-;2*9-,11?,12+,15-/m111/s1. The van der Waals surface area contributed by atoms with E-state index in [1.165, 1.54) is 38.0 Å². The number of aromatic nitrogens is 12. The van der Waals surface area contributed by atoms with Crippen LogP contribution in [0.25, 0.3) is 33.5 Å². The van der Waals surface area contributed by atoms with Crippen molar-refractivity contribution in [2.24, 2.45) is 0 Å². The Morgan fingerprint density at radius 1 is 0.649 bits per heavy atom. The normalized spacial score (nSPS) is 28.3. The van der Waals surface area contributed by atoms with Gasteiger partial charge in [-0.05, 0) is 24.8 Å². The summed E-state index contributed by atoms with van der Waals surface area (Å²) in [6.45, 7) is 8.73. The predicted molar refractivity (Wildman–Crippen MR) is 274 cm³/mol. The van der Waals surface area contributed by atoms with Crippen molar-refractivity contribution in [3.8, 4) is 37.0 Å². The number of rotatable bonds is 16. The minimum atomic E-state index is -1.12. The van der Waals surface area contributed by atoms with Crippen LogP contribution >= 0.6 is 22.6 Å². The van der Waals surface area contributed by atoms with E-state index in [-0.39, 0.29) is 17.5 Å². The van der Waals surface area contributed by atoms with Gasteiger partial charge in [0.2, 0.25) is 0 Å². The molecule has 0 amide bonds. The number of halogens is 1. The highest BCUT2D eigenvalue weighted by atomic mass is 127. The van der Waals surface area contributed by atoms with Crippen LogP contribution in [-0.2, 0) is 14.2 Å². The summed E-state index contributed by atoms with van der Waals surface area (Å²) in [5.74, 6) is 8.66. The van der Waals surface area contributed by atoms with E-state index in [2.05, 4.69) is 92.1 Å². The number of imidazole rings is 3. The number of aliphatic hydroxyl groups excluding tert-OH is 6. The minimum Gasteiger partial charge on any atom is -0.387 e. The summed E-state index contributed by atoms with van der Waals surface area (Å²) in [5.41, 5.74) is 20.0. The number of hydrogen-bond acceptors (Lipinski definition) is 22. The lowest BCUT2D eigenvalue weighted by atomic mass is 10.1. The van der Waals surface area contributed by atoms with Crippen molar-refractivity contribution in [3.05, 3.63) is 38.0 Å². The quantitative estimate of drug-likeness (QED) is 0.0145. The SMILES string of the molecule is C#CCN(CCC)C[C@H]1O[C@@H](n2cnc3c(N)ncnc32)[C@@H](O)C1O.C#CC[N+]1(C[C@H]2O[C@@H](n3cnc4c(N)ncnc43)[C@@H](O)C2O)CC1.C#CC[NH+](CCI)C[C@H]1O[C@@H](n2cnc3c(N)ncnc32)[C@@H](O)C1O. The molecule has 28 heteroatoms. The van der Waals surface area contributed by atoms with Gasteiger partial charge >= 0.3 is 0 Å². The van der Waals surface area contributed by atoms with Gasteiger partial charge in [-0.2, -0.15) is 0 Å². The lowest BCUT2D eigenvalue weighted by molar-refractivity contribution is -0.893. The Balaban J connectivity index is 0.000000148. The van der Waals surface area contributed by atoms with Gasteiger partial charge in [0.15, 0.2) is 53.1 Å². The van der Waals surface area contributed by atoms with E-state index in [9.17, 15) is 30.6 Å². The Morgan fingerprint density at radius 3 is 1.51 bits per heavy atom. The summed E-state index contributed by atoms with van der Waals surface area (Å²) in [6.07, 6.45) is 15.2. The monoisotopic (exact) mass is 1140 g/mol. The average Bonchev–Trinajstić information content (AvgIpc) is 3.95. The number of nitrogens with two attached hydrogens (primary N) is 3. The molecule has 0 bridgehead atoms. The van der Waals surface area contributed by atoms with Gasteiger partial charge in [0.25, 0.3) is 0 Å². The number of nitrogens with zero attached hydrogens (tertiary/aromatic N) is 14. The molecular formula is C46H61IN18O9+2. The van der Waals surface area contributed by atoms with Crippen molar-refractivity contribution in [3.63, 3.8) is 0 Å². The second-order valence-electron chi connectivity index (χ2n) is 18.4. The van der Waals surface area contributed by atoms with Gasteiger partial charge in [0.05, 0.1) is 32.1 Å². The number of nitrogen functional groups attached to an aromatic ring is 3. The summed E-state index contributed by atoms with van der Waals surface area (Å²) >= 11 is 2.28. The number of alkyl halides is 1. The molecule has 4 fully saturated rings. The summed E-state index contributed by atoms with van der Waals surface area (Å²) in [4.78, 5) is 39.8. The molecule has 0 aliphatic carbocycles. The molecular weight excluding hydrogens is 1080 g/mol. The second-order valence-corrected chi connectivity index (χ2v) is 19.5. The minimum absolute atomic E-state index is 0.247. The van der Waals surface area contributed by atoms with Crippen LogP contribution in [0.2, 0.25) is 0 Å². The first kappa shape index (κ1) is 54.2. The molecule has 13 N–H and O–H groups in total. The third-order valence-corrected chi connectivity index (χ3v) is 14.0. The summed E-state index contributed by atoms with van der Waals surface area (Å²) < 4.78 is 24.1. The number of ether oxygens (including phenoxy) is 3. The topological polar surface area (TPSA) is 366 Å². The maximum Gasteiger partial charge on any atom is 0.167 e. The van der Waals surface area contributed by atoms with Crippen LogP contribution in [0, 0.1) is 37.0 Å². The third-order valence-electron chi connectivity index (χ3n) is 13.4. The van der Waals surface area contributed by atoms with Crippen molar-refractivity contribution >= 4 is 73.5 Å². The number of hydrogen-bond donors (Lipinski definition) is 10. The molecule has 13 atom stereocenters. The zero-order valence-electron chi connectivity index (χ0n) is 40.4. The van der Waals surface area contributed by atoms with Crippen molar-refractivity contribution in [1.82, 2.24) is 63.5 Å². The van der Waals surface area contributed by atoms with Crippen LogP contribution in [0.5, 0.6) is 0 Å². The smallest absolute Gasteiger partial charge is 0.167 e. The fourth-order valence-corrected chi connectivity index (χ4v) is 10.2. The van der Waals surface area contributed by atoms with Crippen LogP contribution in [0.15, 0.2) is 38.0 Å². The first-order valence-corrected chi connectivity index (χ1v) is 25.3. The first-order chi connectivity index (χ1) is 35.7. The van der Waals surface area contributed by atoms with E-state index in [0.717, 1.165) is 46.4 Å². The summed E-state index contributed by atoms with van der Waals surface area (Å²) in [7, 11) is 0. The molecule has 6 aromatic heterocycles. The second kappa shape index (κ2) is 23.7. The highest BCUT2D eigenvalue weighted by Crippen LogP contribution is 2.36. The van der Waals surface area contributed by atoms with Crippen molar-refractivity contribution in [2.75, 3.05) is 87.1 Å². The van der Waals surface area contributed by atoms with Gasteiger partial charge in [-0.3, -0.25) is 18.6 Å². The van der Waals surface area contributed by atoms with Crippen molar-refractivity contribution in [1.29, 1.82) is 0 Å². The van der Waals surface area contributed by atoms with Gasteiger partial charge < -0.3 is 71.4 Å². The highest BCUT2D eigenvalue weighted by Gasteiger charge is 2.52. The third kappa shape index (κ3) is 11.3. The molecule has 4 aliphatic rings. The Kier molecular flexibility index (Phi) is 17.4. The van der Waals surface area contributed by atoms with E-state index in [4.69, 9.17) is 50.7 Å². The molecule has 394 valence electrons. The Bertz CT molecular complexity index is 2860. The number of fused-ring (bicyclic) bond motifs is 3.